The Hall–Kier alpha value is -2.31. The fraction of sp³-hybridized carbons (Fsp3) is 0.727. The minimum Gasteiger partial charge on any atom is -0.283 e. The predicted octanol–water partition coefficient (Wildman–Crippen LogP) is 5.56. The molecule has 0 saturated carbocycles. The normalized spacial score (nSPS) is 12.4. The SMILES string of the molecule is CC(C)Cc1n[nH]c(CC(C)C)c1B(c1c(CC(C)C)n[nH]c1CC(C)C)c1c(CC(C)C)n[nH]c1CC(C)C. The molecule has 0 bridgehead atoms. The summed E-state index contributed by atoms with van der Waals surface area (Å²) in [5, 5.41) is 25.7. The van der Waals surface area contributed by atoms with Crippen LogP contribution >= 0.6 is 0 Å². The van der Waals surface area contributed by atoms with E-state index in [0.29, 0.717) is 35.5 Å². The molecule has 0 amide bonds. The summed E-state index contributed by atoms with van der Waals surface area (Å²) in [6, 6.07) is 0. The van der Waals surface area contributed by atoms with Crippen LogP contribution in [-0.2, 0) is 38.5 Å². The molecule has 0 saturated heterocycles. The quantitative estimate of drug-likeness (QED) is 0.217. The summed E-state index contributed by atoms with van der Waals surface area (Å²) < 4.78 is 0. The van der Waals surface area contributed by atoms with E-state index in [-0.39, 0.29) is 6.71 Å². The average molecular weight is 549 g/mol. The number of aromatic amines is 3. The predicted molar refractivity (Wildman–Crippen MR) is 172 cm³/mol. The highest BCUT2D eigenvalue weighted by molar-refractivity contribution is 6.97. The fourth-order valence-corrected chi connectivity index (χ4v) is 6.06. The third-order valence-corrected chi connectivity index (χ3v) is 7.39. The largest absolute Gasteiger partial charge is 0.283 e. The van der Waals surface area contributed by atoms with Crippen LogP contribution < -0.4 is 16.4 Å². The molecule has 3 N–H and O–H groups in total. The lowest BCUT2D eigenvalue weighted by Gasteiger charge is -2.23. The average Bonchev–Trinajstić information content (AvgIpc) is 3.47. The first-order valence-electron chi connectivity index (χ1n) is 16.0. The molecule has 0 spiro atoms. The second-order valence-corrected chi connectivity index (χ2v) is 14.7. The maximum Gasteiger partial charge on any atom is 0.255 e. The molecule has 3 rings (SSSR count). The molecule has 0 aliphatic carbocycles. The van der Waals surface area contributed by atoms with Crippen LogP contribution in [0.1, 0.15) is 117 Å². The van der Waals surface area contributed by atoms with Crippen molar-refractivity contribution in [3.8, 4) is 0 Å². The van der Waals surface area contributed by atoms with E-state index in [4.69, 9.17) is 15.3 Å². The van der Waals surface area contributed by atoms with Crippen LogP contribution in [-0.4, -0.2) is 37.3 Å². The van der Waals surface area contributed by atoms with Crippen LogP contribution in [0.5, 0.6) is 0 Å². The minimum atomic E-state index is 0.0451. The highest BCUT2D eigenvalue weighted by Gasteiger charge is 2.39. The van der Waals surface area contributed by atoms with Crippen molar-refractivity contribution in [1.82, 2.24) is 30.6 Å². The lowest BCUT2D eigenvalue weighted by atomic mass is 9.34. The molecule has 0 fully saturated rings. The highest BCUT2D eigenvalue weighted by atomic mass is 15.1. The van der Waals surface area contributed by atoms with Crippen molar-refractivity contribution in [2.75, 3.05) is 0 Å². The number of nitrogens with zero attached hydrogens (tertiary/aromatic N) is 3. The molecule has 3 aromatic rings. The van der Waals surface area contributed by atoms with Crippen LogP contribution in [0, 0.1) is 35.5 Å². The zero-order valence-corrected chi connectivity index (χ0v) is 27.6. The van der Waals surface area contributed by atoms with Gasteiger partial charge in [0.1, 0.15) is 0 Å². The number of rotatable bonds is 15. The zero-order chi connectivity index (χ0) is 29.7. The van der Waals surface area contributed by atoms with Gasteiger partial charge in [-0.3, -0.25) is 15.3 Å². The van der Waals surface area contributed by atoms with Gasteiger partial charge in [-0.1, -0.05) is 83.1 Å². The Morgan fingerprint density at radius 3 is 0.825 bits per heavy atom. The van der Waals surface area contributed by atoms with E-state index in [1.807, 2.05) is 0 Å². The summed E-state index contributed by atoms with van der Waals surface area (Å²) in [4.78, 5) is 0. The molecular formula is C33H57BN6. The molecule has 6 nitrogen and oxygen atoms in total. The molecule has 0 radical (unpaired) electrons. The summed E-state index contributed by atoms with van der Waals surface area (Å²) >= 11 is 0. The standard InChI is InChI=1S/C33H57BN6/c1-19(2)13-25-31(26(36-35-25)14-20(3)4)34(32-27(15-21(5)6)37-38-28(32)16-22(7)8)33-29(17-23(9)10)39-40-30(33)18-24(11)12/h19-24H,13-18H2,1-12H3,(H,35,36)(H,37,38)(H,39,40). The second kappa shape index (κ2) is 14.0. The number of aromatic nitrogens is 6. The molecular weight excluding hydrogens is 491 g/mol. The molecule has 3 heterocycles. The molecule has 222 valence electrons. The van der Waals surface area contributed by atoms with Gasteiger partial charge < -0.3 is 0 Å². The van der Waals surface area contributed by atoms with Crippen molar-refractivity contribution in [2.45, 2.75) is 122 Å². The lowest BCUT2D eigenvalue weighted by Crippen LogP contribution is -2.58. The maximum absolute atomic E-state index is 5.03. The van der Waals surface area contributed by atoms with Gasteiger partial charge in [-0.05, 0) is 90.4 Å². The van der Waals surface area contributed by atoms with Gasteiger partial charge >= 0.3 is 0 Å². The molecule has 3 aromatic heterocycles. The Kier molecular flexibility index (Phi) is 11.3. The Morgan fingerprint density at radius 2 is 0.625 bits per heavy atom. The smallest absolute Gasteiger partial charge is 0.255 e. The molecule has 0 unspecified atom stereocenters. The van der Waals surface area contributed by atoms with Crippen molar-refractivity contribution >= 4 is 23.1 Å². The molecule has 0 atom stereocenters. The van der Waals surface area contributed by atoms with E-state index in [1.165, 1.54) is 50.6 Å². The van der Waals surface area contributed by atoms with Gasteiger partial charge in [-0.25, -0.2) is 0 Å². The van der Waals surface area contributed by atoms with Crippen molar-refractivity contribution in [3.63, 3.8) is 0 Å². The van der Waals surface area contributed by atoms with E-state index >= 15 is 0 Å². The van der Waals surface area contributed by atoms with Crippen molar-refractivity contribution in [2.24, 2.45) is 35.5 Å². The van der Waals surface area contributed by atoms with Gasteiger partial charge in [0, 0.05) is 17.1 Å². The third kappa shape index (κ3) is 8.13. The second-order valence-electron chi connectivity index (χ2n) is 14.7. The first-order valence-corrected chi connectivity index (χ1v) is 16.0. The van der Waals surface area contributed by atoms with E-state index in [0.717, 1.165) is 38.5 Å². The van der Waals surface area contributed by atoms with Crippen LogP contribution in [0.25, 0.3) is 0 Å². The van der Waals surface area contributed by atoms with Gasteiger partial charge in [0.2, 0.25) is 0 Å². The highest BCUT2D eigenvalue weighted by Crippen LogP contribution is 2.19. The number of H-pyrrole nitrogens is 3. The molecule has 0 aliphatic rings. The van der Waals surface area contributed by atoms with E-state index < -0.39 is 0 Å². The first-order chi connectivity index (χ1) is 18.8. The zero-order valence-electron chi connectivity index (χ0n) is 27.6. The first kappa shape index (κ1) is 32.2. The van der Waals surface area contributed by atoms with E-state index in [1.54, 1.807) is 0 Å². The van der Waals surface area contributed by atoms with Crippen LogP contribution in [0.15, 0.2) is 0 Å². The van der Waals surface area contributed by atoms with E-state index in [2.05, 4.69) is 98.4 Å². The summed E-state index contributed by atoms with van der Waals surface area (Å²) in [6.45, 7) is 27.7. The Morgan fingerprint density at radius 1 is 0.400 bits per heavy atom. The van der Waals surface area contributed by atoms with Crippen LogP contribution in [0.3, 0.4) is 0 Å². The number of nitrogens with one attached hydrogen (secondary N) is 3. The molecule has 0 aliphatic heterocycles. The summed E-state index contributed by atoms with van der Waals surface area (Å²) in [5.74, 6) is 3.11. The molecule has 0 aromatic carbocycles. The van der Waals surface area contributed by atoms with Gasteiger partial charge in [0.15, 0.2) is 0 Å². The minimum absolute atomic E-state index is 0.0451. The van der Waals surface area contributed by atoms with Gasteiger partial charge in [-0.2, -0.15) is 15.3 Å². The number of hydrogen-bond donors (Lipinski definition) is 3. The van der Waals surface area contributed by atoms with Gasteiger partial charge in [0.05, 0.1) is 17.1 Å². The topological polar surface area (TPSA) is 86.0 Å². The van der Waals surface area contributed by atoms with Crippen molar-refractivity contribution < 1.29 is 0 Å². The summed E-state index contributed by atoms with van der Waals surface area (Å²) in [5.41, 5.74) is 11.5. The summed E-state index contributed by atoms with van der Waals surface area (Å²) in [7, 11) is 0. The fourth-order valence-electron chi connectivity index (χ4n) is 6.06. The van der Waals surface area contributed by atoms with Crippen LogP contribution in [0.4, 0.5) is 0 Å². The third-order valence-electron chi connectivity index (χ3n) is 7.39. The molecule has 7 heteroatoms. The van der Waals surface area contributed by atoms with Crippen molar-refractivity contribution in [3.05, 3.63) is 34.2 Å². The molecule has 40 heavy (non-hydrogen) atoms. The summed E-state index contributed by atoms with van der Waals surface area (Å²) in [6.07, 6.45) is 5.79. The lowest BCUT2D eigenvalue weighted by molar-refractivity contribution is 0.630. The Labute approximate surface area is 244 Å². The van der Waals surface area contributed by atoms with Gasteiger partial charge in [0.25, 0.3) is 6.71 Å². The van der Waals surface area contributed by atoms with Gasteiger partial charge in [-0.15, -0.1) is 0 Å². The maximum atomic E-state index is 5.03. The Balaban J connectivity index is 2.47. The van der Waals surface area contributed by atoms with Crippen molar-refractivity contribution in [1.29, 1.82) is 0 Å². The monoisotopic (exact) mass is 548 g/mol. The number of hydrogen-bond acceptors (Lipinski definition) is 3. The van der Waals surface area contributed by atoms with Crippen LogP contribution in [0.2, 0.25) is 0 Å². The van der Waals surface area contributed by atoms with E-state index in [9.17, 15) is 0 Å². The Bertz CT molecular complexity index is 963.